The molecule has 4 rings (SSSR count). The molecule has 1 N–H and O–H groups in total. The number of nitrogens with zero attached hydrogens (tertiary/aromatic N) is 3. The molecule has 30 heavy (non-hydrogen) atoms. The first-order valence-corrected chi connectivity index (χ1v) is 8.84. The van der Waals surface area contributed by atoms with E-state index < -0.39 is 29.3 Å². The zero-order valence-corrected chi connectivity index (χ0v) is 15.2. The highest BCUT2D eigenvalue weighted by Crippen LogP contribution is 2.35. The van der Waals surface area contributed by atoms with Crippen LogP contribution < -0.4 is 5.32 Å². The van der Waals surface area contributed by atoms with E-state index in [0.29, 0.717) is 48.0 Å². The van der Waals surface area contributed by atoms with E-state index >= 15 is 4.39 Å². The Balaban J connectivity index is 1.74. The van der Waals surface area contributed by atoms with Crippen LogP contribution in [0.5, 0.6) is 0 Å². The number of alkyl halides is 4. The van der Waals surface area contributed by atoms with Crippen molar-refractivity contribution in [2.45, 2.75) is 18.8 Å². The van der Waals surface area contributed by atoms with Gasteiger partial charge in [-0.15, -0.1) is 0 Å². The minimum atomic E-state index is -4.82. The minimum absolute atomic E-state index is 0.210. The monoisotopic (exact) mass is 420 g/mol. The highest BCUT2D eigenvalue weighted by molar-refractivity contribution is 5.98. The number of benzene rings is 1. The molecule has 0 unspecified atom stereocenters. The van der Waals surface area contributed by atoms with Crippen molar-refractivity contribution in [3.8, 4) is 11.4 Å². The van der Waals surface area contributed by atoms with Crippen molar-refractivity contribution in [3.05, 3.63) is 76.6 Å². The molecule has 0 aliphatic carbocycles. The molecular weight excluding hydrogens is 407 g/mol. The highest BCUT2D eigenvalue weighted by atomic mass is 19.4. The average molecular weight is 420 g/mol. The van der Waals surface area contributed by atoms with Gasteiger partial charge in [0.25, 0.3) is 5.91 Å². The van der Waals surface area contributed by atoms with Gasteiger partial charge in [0.1, 0.15) is 12.1 Å². The van der Waals surface area contributed by atoms with E-state index in [0.717, 1.165) is 6.33 Å². The summed E-state index contributed by atoms with van der Waals surface area (Å²) >= 11 is 0. The van der Waals surface area contributed by atoms with Crippen LogP contribution in [0.1, 0.15) is 38.9 Å². The third-order valence-corrected chi connectivity index (χ3v) is 4.69. The maximum Gasteiger partial charge on any atom is 0.416 e. The van der Waals surface area contributed by atoms with Crippen molar-refractivity contribution in [1.29, 1.82) is 0 Å². The third-order valence-electron chi connectivity index (χ3n) is 4.69. The van der Waals surface area contributed by atoms with E-state index in [-0.39, 0.29) is 17.3 Å². The number of hydrogen-bond donors (Lipinski definition) is 1. The molecule has 1 amide bonds. The van der Waals surface area contributed by atoms with Crippen LogP contribution in [0.15, 0.2) is 42.9 Å². The number of carbonyl (C=O) groups excluding carboxylic acids is 1. The third kappa shape index (κ3) is 3.72. The molecule has 1 aliphatic rings. The lowest BCUT2D eigenvalue weighted by Gasteiger charge is -2.19. The second-order valence-corrected chi connectivity index (χ2v) is 6.65. The van der Waals surface area contributed by atoms with Crippen LogP contribution in [0.2, 0.25) is 0 Å². The largest absolute Gasteiger partial charge is 0.416 e. The molecule has 0 fully saturated rings. The van der Waals surface area contributed by atoms with Crippen LogP contribution in [0.3, 0.4) is 0 Å². The molecule has 0 saturated carbocycles. The Bertz CT molecular complexity index is 1130. The van der Waals surface area contributed by atoms with Gasteiger partial charge in [0.05, 0.1) is 22.6 Å². The van der Waals surface area contributed by atoms with Gasteiger partial charge in [0.15, 0.2) is 6.17 Å². The summed E-state index contributed by atoms with van der Waals surface area (Å²) in [5.41, 5.74) is -0.448. The molecule has 1 aromatic carbocycles. The fourth-order valence-electron chi connectivity index (χ4n) is 3.31. The summed E-state index contributed by atoms with van der Waals surface area (Å²) in [4.78, 5) is 24.1. The summed E-state index contributed by atoms with van der Waals surface area (Å²) in [5, 5.41) is 2.70. The smallest absolute Gasteiger partial charge is 0.352 e. The van der Waals surface area contributed by atoms with Crippen molar-refractivity contribution in [3.63, 3.8) is 0 Å². The predicted molar refractivity (Wildman–Crippen MR) is 95.7 cm³/mol. The zero-order chi connectivity index (χ0) is 21.5. The molecule has 3 heterocycles. The van der Waals surface area contributed by atoms with Gasteiger partial charge in [-0.1, -0.05) is 0 Å². The average Bonchev–Trinajstić information content (AvgIpc) is 2.72. The van der Waals surface area contributed by atoms with E-state index in [4.69, 9.17) is 0 Å². The minimum Gasteiger partial charge on any atom is -0.352 e. The maximum absolute atomic E-state index is 15.0. The summed E-state index contributed by atoms with van der Waals surface area (Å²) in [6.45, 7) is 0.401. The maximum atomic E-state index is 15.0. The fourth-order valence-corrected chi connectivity index (χ4v) is 3.31. The molecule has 0 spiro atoms. The molecule has 2 aromatic heterocycles. The number of rotatable bonds is 3. The summed E-state index contributed by atoms with van der Waals surface area (Å²) < 4.78 is 67.5. The molecule has 5 nitrogen and oxygen atoms in total. The molecule has 0 saturated heterocycles. The molecule has 10 heteroatoms. The second kappa shape index (κ2) is 7.43. The topological polar surface area (TPSA) is 67.8 Å². The van der Waals surface area contributed by atoms with Gasteiger partial charge in [-0.2, -0.15) is 13.2 Å². The van der Waals surface area contributed by atoms with Crippen molar-refractivity contribution in [2.75, 3.05) is 6.54 Å². The summed E-state index contributed by atoms with van der Waals surface area (Å²) in [5.74, 6) is -1.47. The number of halogens is 5. The van der Waals surface area contributed by atoms with Crippen LogP contribution in [0, 0.1) is 5.82 Å². The van der Waals surface area contributed by atoms with Crippen molar-refractivity contribution >= 4 is 5.91 Å². The van der Waals surface area contributed by atoms with Gasteiger partial charge >= 0.3 is 6.18 Å². The van der Waals surface area contributed by atoms with Crippen molar-refractivity contribution < 1.29 is 26.7 Å². The van der Waals surface area contributed by atoms with Gasteiger partial charge in [0.2, 0.25) is 0 Å². The predicted octanol–water partition coefficient (Wildman–Crippen LogP) is 4.04. The van der Waals surface area contributed by atoms with Gasteiger partial charge in [-0.05, 0) is 47.9 Å². The summed E-state index contributed by atoms with van der Waals surface area (Å²) in [6, 6.07) is 4.32. The summed E-state index contributed by atoms with van der Waals surface area (Å²) in [7, 11) is 0. The van der Waals surface area contributed by atoms with E-state index in [1.807, 2.05) is 0 Å². The number of aromatic nitrogens is 3. The SMILES string of the molecule is O=C1NCCc2c1ccnc2-c1cc([C@H](F)c2cc(F)cc(C(F)(F)F)c2)ncn1. The number of amides is 1. The Labute approximate surface area is 167 Å². The van der Waals surface area contributed by atoms with Gasteiger partial charge < -0.3 is 5.32 Å². The number of fused-ring (bicyclic) bond motifs is 1. The molecule has 0 bridgehead atoms. The van der Waals surface area contributed by atoms with Gasteiger partial charge in [-0.25, -0.2) is 18.7 Å². The van der Waals surface area contributed by atoms with Crippen LogP contribution in [0.4, 0.5) is 22.0 Å². The first-order chi connectivity index (χ1) is 14.2. The first-order valence-electron chi connectivity index (χ1n) is 8.84. The Morgan fingerprint density at radius 1 is 1.07 bits per heavy atom. The number of carbonyl (C=O) groups is 1. The Kier molecular flexibility index (Phi) is 4.92. The lowest BCUT2D eigenvalue weighted by Crippen LogP contribution is -2.32. The fraction of sp³-hybridized carbons (Fsp3) is 0.200. The molecule has 154 valence electrons. The highest BCUT2D eigenvalue weighted by Gasteiger charge is 2.32. The summed E-state index contributed by atoms with van der Waals surface area (Å²) in [6.07, 6.45) is -3.99. The van der Waals surface area contributed by atoms with Gasteiger partial charge in [0, 0.05) is 18.3 Å². The Morgan fingerprint density at radius 3 is 2.63 bits per heavy atom. The first kappa shape index (κ1) is 19.9. The molecule has 0 radical (unpaired) electrons. The van der Waals surface area contributed by atoms with E-state index in [1.54, 1.807) is 6.07 Å². The van der Waals surface area contributed by atoms with Crippen molar-refractivity contribution in [1.82, 2.24) is 20.3 Å². The number of pyridine rings is 1. The van der Waals surface area contributed by atoms with Crippen molar-refractivity contribution in [2.24, 2.45) is 0 Å². The van der Waals surface area contributed by atoms with E-state index in [9.17, 15) is 22.4 Å². The van der Waals surface area contributed by atoms with E-state index in [1.165, 1.54) is 12.3 Å². The van der Waals surface area contributed by atoms with E-state index in [2.05, 4.69) is 20.3 Å². The lowest BCUT2D eigenvalue weighted by atomic mass is 9.97. The van der Waals surface area contributed by atoms with Gasteiger partial charge in [-0.3, -0.25) is 9.78 Å². The van der Waals surface area contributed by atoms with Crippen LogP contribution >= 0.6 is 0 Å². The molecule has 3 aromatic rings. The Hall–Kier alpha value is -3.43. The molecule has 1 aliphatic heterocycles. The number of hydrogen-bond acceptors (Lipinski definition) is 4. The van der Waals surface area contributed by atoms with Crippen LogP contribution in [-0.2, 0) is 12.6 Å². The standard InChI is InChI=1S/C20H13F5N4O/c21-12-6-10(5-11(7-12)20(23,24)25)17(22)15-8-16(29-9-28-15)18-13-1-4-27-19(30)14(13)2-3-26-18/h2-3,5-9,17H,1,4H2,(H,27,30)/t17-/m1/s1. The molecule has 1 atom stereocenters. The second-order valence-electron chi connectivity index (χ2n) is 6.65. The normalized spacial score (nSPS) is 14.8. The quantitative estimate of drug-likeness (QED) is 0.650. The van der Waals surface area contributed by atoms with Crippen LogP contribution in [-0.4, -0.2) is 27.4 Å². The lowest BCUT2D eigenvalue weighted by molar-refractivity contribution is -0.137. The number of nitrogens with one attached hydrogen (secondary N) is 1. The Morgan fingerprint density at radius 2 is 1.87 bits per heavy atom. The zero-order valence-electron chi connectivity index (χ0n) is 15.2. The molecular formula is C20H13F5N4O. The van der Waals surface area contributed by atoms with Crippen LogP contribution in [0.25, 0.3) is 11.4 Å².